The molecule has 0 aliphatic heterocycles. The van der Waals surface area contributed by atoms with E-state index in [4.69, 9.17) is 10.9 Å². The molecule has 1 amide bonds. The summed E-state index contributed by atoms with van der Waals surface area (Å²) in [4.78, 5) is 20.8. The molecule has 0 rings (SSSR count). The van der Waals surface area contributed by atoms with Crippen LogP contribution in [0.25, 0.3) is 0 Å². The topological polar surface area (TPSA) is 92.8 Å². The number of primary amides is 1. The van der Waals surface area contributed by atoms with E-state index in [1.165, 1.54) is 6.92 Å². The number of rotatable bonds is 3. The molecule has 0 spiro atoms. The van der Waals surface area contributed by atoms with Crippen LogP contribution in [0.1, 0.15) is 6.92 Å². The molecule has 0 aliphatic carbocycles. The molecule has 0 bridgehead atoms. The van der Waals surface area contributed by atoms with Gasteiger partial charge in [-0.15, -0.1) is 5.16 Å². The SMILES string of the molecule is CC(=O)C(C=NO)C(N)=O. The summed E-state index contributed by atoms with van der Waals surface area (Å²) in [5.74, 6) is -2.36. The van der Waals surface area contributed by atoms with E-state index in [0.29, 0.717) is 0 Å². The summed E-state index contributed by atoms with van der Waals surface area (Å²) in [7, 11) is 0. The van der Waals surface area contributed by atoms with Crippen LogP contribution in [-0.4, -0.2) is 23.1 Å². The van der Waals surface area contributed by atoms with Crippen LogP contribution < -0.4 is 5.73 Å². The van der Waals surface area contributed by atoms with Gasteiger partial charge in [-0.3, -0.25) is 9.59 Å². The Morgan fingerprint density at radius 3 is 2.30 bits per heavy atom. The molecule has 0 radical (unpaired) electrons. The third-order valence-electron chi connectivity index (χ3n) is 0.960. The Balaban J connectivity index is 4.27. The molecular weight excluding hydrogens is 136 g/mol. The van der Waals surface area contributed by atoms with Gasteiger partial charge in [0.05, 0.1) is 6.21 Å². The zero-order valence-corrected chi connectivity index (χ0v) is 5.44. The van der Waals surface area contributed by atoms with Gasteiger partial charge in [-0.1, -0.05) is 0 Å². The number of ketones is 1. The Bertz CT molecular complexity index is 162. The number of carbonyl (C=O) groups is 2. The molecular formula is C5H8N2O3. The molecule has 5 heteroatoms. The maximum atomic E-state index is 10.5. The average molecular weight is 144 g/mol. The fraction of sp³-hybridized carbons (Fsp3) is 0.400. The molecule has 0 aromatic rings. The summed E-state index contributed by atoms with van der Waals surface area (Å²) in [6.07, 6.45) is 0.796. The van der Waals surface area contributed by atoms with Crippen molar-refractivity contribution in [3.63, 3.8) is 0 Å². The van der Waals surface area contributed by atoms with Gasteiger partial charge in [-0.05, 0) is 6.92 Å². The van der Waals surface area contributed by atoms with E-state index in [-0.39, 0.29) is 0 Å². The highest BCUT2D eigenvalue weighted by molar-refractivity contribution is 6.12. The summed E-state index contributed by atoms with van der Waals surface area (Å²) >= 11 is 0. The second kappa shape index (κ2) is 3.60. The Kier molecular flexibility index (Phi) is 3.10. The Morgan fingerprint density at radius 1 is 1.70 bits per heavy atom. The molecule has 56 valence electrons. The lowest BCUT2D eigenvalue weighted by Crippen LogP contribution is -2.29. The summed E-state index contributed by atoms with van der Waals surface area (Å²) < 4.78 is 0. The van der Waals surface area contributed by atoms with Crippen LogP contribution in [0.3, 0.4) is 0 Å². The molecule has 1 atom stereocenters. The van der Waals surface area contributed by atoms with Gasteiger partial charge in [0, 0.05) is 0 Å². The summed E-state index contributed by atoms with van der Waals surface area (Å²) in [5.41, 5.74) is 4.76. The van der Waals surface area contributed by atoms with Crippen molar-refractivity contribution in [1.29, 1.82) is 0 Å². The van der Waals surface area contributed by atoms with Crippen LogP contribution in [0, 0.1) is 5.92 Å². The summed E-state index contributed by atoms with van der Waals surface area (Å²) in [5, 5.41) is 10.5. The van der Waals surface area contributed by atoms with Crippen LogP contribution in [-0.2, 0) is 9.59 Å². The van der Waals surface area contributed by atoms with Gasteiger partial charge >= 0.3 is 0 Å². The zero-order chi connectivity index (χ0) is 8.15. The van der Waals surface area contributed by atoms with Crippen LogP contribution in [0.15, 0.2) is 5.16 Å². The number of carbonyl (C=O) groups excluding carboxylic acids is 2. The van der Waals surface area contributed by atoms with E-state index in [0.717, 1.165) is 6.21 Å². The second-order valence-electron chi connectivity index (χ2n) is 1.76. The molecule has 0 saturated carbocycles. The first-order valence-electron chi connectivity index (χ1n) is 2.57. The lowest BCUT2D eigenvalue weighted by atomic mass is 10.1. The molecule has 3 N–H and O–H groups in total. The molecule has 0 aromatic carbocycles. The highest BCUT2D eigenvalue weighted by Crippen LogP contribution is 1.91. The maximum absolute atomic E-state index is 10.5. The van der Waals surface area contributed by atoms with Gasteiger partial charge in [0.25, 0.3) is 0 Å². The van der Waals surface area contributed by atoms with E-state index >= 15 is 0 Å². The lowest BCUT2D eigenvalue weighted by molar-refractivity contribution is -0.128. The van der Waals surface area contributed by atoms with Gasteiger partial charge in [0.15, 0.2) is 0 Å². The quantitative estimate of drug-likeness (QED) is 0.233. The monoisotopic (exact) mass is 144 g/mol. The predicted octanol–water partition coefficient (Wildman–Crippen LogP) is -0.863. The van der Waals surface area contributed by atoms with Crippen molar-refractivity contribution in [2.45, 2.75) is 6.92 Å². The largest absolute Gasteiger partial charge is 0.411 e. The summed E-state index contributed by atoms with van der Waals surface area (Å²) in [6, 6.07) is 0. The molecule has 5 nitrogen and oxygen atoms in total. The number of hydrogen-bond acceptors (Lipinski definition) is 4. The number of amides is 1. The first-order chi connectivity index (χ1) is 4.59. The average Bonchev–Trinajstić information content (AvgIpc) is 1.81. The van der Waals surface area contributed by atoms with E-state index in [1.54, 1.807) is 0 Å². The van der Waals surface area contributed by atoms with Crippen molar-refractivity contribution in [2.24, 2.45) is 16.8 Å². The van der Waals surface area contributed by atoms with Crippen LogP contribution in [0.5, 0.6) is 0 Å². The number of Topliss-reactive ketones (excluding diaryl/α,β-unsaturated/α-hetero) is 1. The number of oxime groups is 1. The molecule has 0 aliphatic rings. The van der Waals surface area contributed by atoms with Crippen molar-refractivity contribution in [1.82, 2.24) is 0 Å². The molecule has 0 fully saturated rings. The van der Waals surface area contributed by atoms with Crippen molar-refractivity contribution in [3.05, 3.63) is 0 Å². The minimum atomic E-state index is -1.11. The van der Waals surface area contributed by atoms with Gasteiger partial charge < -0.3 is 10.9 Å². The van der Waals surface area contributed by atoms with E-state index in [1.807, 2.05) is 0 Å². The Hall–Kier alpha value is -1.39. The third-order valence-corrected chi connectivity index (χ3v) is 0.960. The first kappa shape index (κ1) is 8.61. The first-order valence-corrected chi connectivity index (χ1v) is 2.57. The van der Waals surface area contributed by atoms with Crippen LogP contribution in [0.2, 0.25) is 0 Å². The van der Waals surface area contributed by atoms with Crippen LogP contribution in [0.4, 0.5) is 0 Å². The minimum absolute atomic E-state index is 0.440. The normalized spacial score (nSPS) is 13.3. The van der Waals surface area contributed by atoms with Gasteiger partial charge in [0.2, 0.25) is 5.91 Å². The Morgan fingerprint density at radius 2 is 2.20 bits per heavy atom. The number of nitrogens with two attached hydrogens (primary N) is 1. The lowest BCUT2D eigenvalue weighted by Gasteiger charge is -1.98. The molecule has 0 saturated heterocycles. The zero-order valence-electron chi connectivity index (χ0n) is 5.44. The van der Waals surface area contributed by atoms with E-state index < -0.39 is 17.6 Å². The second-order valence-corrected chi connectivity index (χ2v) is 1.76. The molecule has 0 aromatic heterocycles. The van der Waals surface area contributed by atoms with Crippen molar-refractivity contribution >= 4 is 17.9 Å². The Labute approximate surface area is 57.5 Å². The fourth-order valence-electron chi connectivity index (χ4n) is 0.445. The number of hydrogen-bond donors (Lipinski definition) is 2. The smallest absolute Gasteiger partial charge is 0.233 e. The third kappa shape index (κ3) is 2.25. The maximum Gasteiger partial charge on any atom is 0.233 e. The highest BCUT2D eigenvalue weighted by atomic mass is 16.4. The van der Waals surface area contributed by atoms with Crippen LogP contribution >= 0.6 is 0 Å². The number of nitrogens with zero attached hydrogens (tertiary/aromatic N) is 1. The van der Waals surface area contributed by atoms with Gasteiger partial charge in [-0.2, -0.15) is 0 Å². The molecule has 1 unspecified atom stereocenters. The molecule has 10 heavy (non-hydrogen) atoms. The predicted molar refractivity (Wildman–Crippen MR) is 33.6 cm³/mol. The highest BCUT2D eigenvalue weighted by Gasteiger charge is 2.17. The van der Waals surface area contributed by atoms with Crippen molar-refractivity contribution < 1.29 is 14.8 Å². The van der Waals surface area contributed by atoms with Gasteiger partial charge in [0.1, 0.15) is 11.7 Å². The fourth-order valence-corrected chi connectivity index (χ4v) is 0.445. The summed E-state index contributed by atoms with van der Waals surface area (Å²) in [6.45, 7) is 1.19. The van der Waals surface area contributed by atoms with Crippen molar-refractivity contribution in [2.75, 3.05) is 0 Å². The minimum Gasteiger partial charge on any atom is -0.411 e. The molecule has 0 heterocycles. The van der Waals surface area contributed by atoms with E-state index in [9.17, 15) is 9.59 Å². The standard InChI is InChI=1S/C5H8N2O3/c1-3(8)4(2-7-10)5(6)9/h2,4,10H,1H3,(H2,6,9). The van der Waals surface area contributed by atoms with Crippen molar-refractivity contribution in [3.8, 4) is 0 Å². The van der Waals surface area contributed by atoms with Gasteiger partial charge in [-0.25, -0.2) is 0 Å². The van der Waals surface area contributed by atoms with E-state index in [2.05, 4.69) is 5.16 Å².